The molecule has 1 heterocycles. The molecule has 1 aromatic heterocycles. The Labute approximate surface area is 104 Å². The lowest BCUT2D eigenvalue weighted by atomic mass is 9.94. The summed E-state index contributed by atoms with van der Waals surface area (Å²) in [5.74, 6) is 0. The first-order valence-electron chi connectivity index (χ1n) is 6.20. The second-order valence-corrected chi connectivity index (χ2v) is 5.43. The summed E-state index contributed by atoms with van der Waals surface area (Å²) in [4.78, 5) is 0. The van der Waals surface area contributed by atoms with E-state index < -0.39 is 0 Å². The molecule has 0 unspecified atom stereocenters. The van der Waals surface area contributed by atoms with Crippen molar-refractivity contribution in [3.8, 4) is 0 Å². The van der Waals surface area contributed by atoms with E-state index >= 15 is 0 Å². The van der Waals surface area contributed by atoms with Gasteiger partial charge in [0.2, 0.25) is 0 Å². The SMILES string of the molecule is Cc1ccc(C)n1C(C)(C)Cc1ccccc1. The van der Waals surface area contributed by atoms with Gasteiger partial charge in [0.15, 0.2) is 0 Å². The van der Waals surface area contributed by atoms with Gasteiger partial charge in [-0.3, -0.25) is 0 Å². The van der Waals surface area contributed by atoms with Crippen LogP contribution in [-0.2, 0) is 12.0 Å². The summed E-state index contributed by atoms with van der Waals surface area (Å²) in [6.45, 7) is 8.97. The van der Waals surface area contributed by atoms with Gasteiger partial charge in [-0.2, -0.15) is 0 Å². The molecule has 0 N–H and O–H groups in total. The number of benzene rings is 1. The van der Waals surface area contributed by atoms with Gasteiger partial charge in [0.05, 0.1) is 0 Å². The highest BCUT2D eigenvalue weighted by atomic mass is 15.1. The van der Waals surface area contributed by atoms with Crippen molar-refractivity contribution in [2.24, 2.45) is 0 Å². The van der Waals surface area contributed by atoms with Crippen molar-refractivity contribution in [3.63, 3.8) is 0 Å². The van der Waals surface area contributed by atoms with Crippen molar-refractivity contribution < 1.29 is 0 Å². The van der Waals surface area contributed by atoms with Gasteiger partial charge in [0.25, 0.3) is 0 Å². The molecule has 0 aliphatic rings. The molecule has 0 fully saturated rings. The highest BCUT2D eigenvalue weighted by Gasteiger charge is 2.22. The van der Waals surface area contributed by atoms with Gasteiger partial charge < -0.3 is 4.57 Å². The Bertz CT molecular complexity index is 472. The highest BCUT2D eigenvalue weighted by Crippen LogP contribution is 2.25. The summed E-state index contributed by atoms with van der Waals surface area (Å²) < 4.78 is 2.43. The van der Waals surface area contributed by atoms with Crippen molar-refractivity contribution in [1.82, 2.24) is 4.57 Å². The van der Waals surface area contributed by atoms with E-state index in [1.54, 1.807) is 0 Å². The molecule has 2 aromatic rings. The lowest BCUT2D eigenvalue weighted by Gasteiger charge is -2.30. The molecule has 0 atom stereocenters. The van der Waals surface area contributed by atoms with Crippen molar-refractivity contribution >= 4 is 0 Å². The number of nitrogens with zero attached hydrogens (tertiary/aromatic N) is 1. The molecule has 0 spiro atoms. The monoisotopic (exact) mass is 227 g/mol. The molecular formula is C16H21N. The quantitative estimate of drug-likeness (QED) is 0.744. The molecular weight excluding hydrogens is 206 g/mol. The zero-order chi connectivity index (χ0) is 12.5. The standard InChI is InChI=1S/C16H21N/c1-13-10-11-14(2)17(13)16(3,4)12-15-8-6-5-7-9-15/h5-11H,12H2,1-4H3. The van der Waals surface area contributed by atoms with Crippen molar-refractivity contribution in [2.75, 3.05) is 0 Å². The fourth-order valence-electron chi connectivity index (χ4n) is 2.80. The van der Waals surface area contributed by atoms with E-state index in [-0.39, 0.29) is 5.54 Å². The van der Waals surface area contributed by atoms with Gasteiger partial charge in [-0.05, 0) is 51.8 Å². The number of aromatic nitrogens is 1. The smallest absolute Gasteiger partial charge is 0.0428 e. The van der Waals surface area contributed by atoms with Crippen LogP contribution >= 0.6 is 0 Å². The Morgan fingerprint density at radius 2 is 1.41 bits per heavy atom. The molecule has 2 rings (SSSR count). The normalized spacial score (nSPS) is 11.8. The molecule has 0 saturated carbocycles. The largest absolute Gasteiger partial charge is 0.343 e. The van der Waals surface area contributed by atoms with E-state index in [0.717, 1.165) is 6.42 Å². The Hall–Kier alpha value is -1.50. The molecule has 1 heteroatoms. The average molecular weight is 227 g/mol. The summed E-state index contributed by atoms with van der Waals surface area (Å²) in [7, 11) is 0. The van der Waals surface area contributed by atoms with E-state index in [4.69, 9.17) is 0 Å². The van der Waals surface area contributed by atoms with Crippen LogP contribution in [0.4, 0.5) is 0 Å². The predicted octanol–water partition coefficient (Wildman–Crippen LogP) is 4.08. The highest BCUT2D eigenvalue weighted by molar-refractivity contribution is 5.21. The summed E-state index contributed by atoms with van der Waals surface area (Å²) in [6.07, 6.45) is 1.06. The molecule has 0 amide bonds. The minimum absolute atomic E-state index is 0.124. The minimum atomic E-state index is 0.124. The molecule has 0 radical (unpaired) electrons. The van der Waals surface area contributed by atoms with Crippen LogP contribution in [0, 0.1) is 13.8 Å². The molecule has 0 aliphatic carbocycles. The Morgan fingerprint density at radius 3 is 1.94 bits per heavy atom. The van der Waals surface area contributed by atoms with Gasteiger partial charge in [0.1, 0.15) is 0 Å². The molecule has 0 aliphatic heterocycles. The van der Waals surface area contributed by atoms with E-state index in [2.05, 4.69) is 74.7 Å². The first-order chi connectivity index (χ1) is 8.00. The molecule has 1 aromatic carbocycles. The number of hydrogen-bond donors (Lipinski definition) is 0. The second-order valence-electron chi connectivity index (χ2n) is 5.43. The predicted molar refractivity (Wildman–Crippen MR) is 73.4 cm³/mol. The van der Waals surface area contributed by atoms with Crippen LogP contribution in [0.3, 0.4) is 0 Å². The molecule has 0 bridgehead atoms. The molecule has 1 nitrogen and oxygen atoms in total. The van der Waals surface area contributed by atoms with Crippen molar-refractivity contribution in [1.29, 1.82) is 0 Å². The van der Waals surface area contributed by atoms with E-state index in [1.807, 2.05) is 0 Å². The third-order valence-corrected chi connectivity index (χ3v) is 3.36. The van der Waals surface area contributed by atoms with Crippen LogP contribution in [0.2, 0.25) is 0 Å². The van der Waals surface area contributed by atoms with Gasteiger partial charge in [-0.15, -0.1) is 0 Å². The van der Waals surface area contributed by atoms with E-state index in [0.29, 0.717) is 0 Å². The minimum Gasteiger partial charge on any atom is -0.343 e. The summed E-state index contributed by atoms with van der Waals surface area (Å²) in [6, 6.07) is 15.1. The summed E-state index contributed by atoms with van der Waals surface area (Å²) >= 11 is 0. The lowest BCUT2D eigenvalue weighted by Crippen LogP contribution is -2.30. The third-order valence-electron chi connectivity index (χ3n) is 3.36. The fraction of sp³-hybridized carbons (Fsp3) is 0.375. The second kappa shape index (κ2) is 4.40. The summed E-state index contributed by atoms with van der Waals surface area (Å²) in [5.41, 5.74) is 4.19. The van der Waals surface area contributed by atoms with Gasteiger partial charge >= 0.3 is 0 Å². The zero-order valence-electron chi connectivity index (χ0n) is 11.2. The van der Waals surface area contributed by atoms with Crippen LogP contribution < -0.4 is 0 Å². The third kappa shape index (κ3) is 2.44. The van der Waals surface area contributed by atoms with E-state index in [1.165, 1.54) is 17.0 Å². The van der Waals surface area contributed by atoms with Crippen LogP contribution in [0.15, 0.2) is 42.5 Å². The van der Waals surface area contributed by atoms with Crippen molar-refractivity contribution in [3.05, 3.63) is 59.4 Å². The fourth-order valence-corrected chi connectivity index (χ4v) is 2.80. The molecule has 90 valence electrons. The maximum absolute atomic E-state index is 2.43. The molecule has 0 saturated heterocycles. The first kappa shape index (κ1) is 12.0. The zero-order valence-corrected chi connectivity index (χ0v) is 11.2. The van der Waals surface area contributed by atoms with Crippen LogP contribution in [0.5, 0.6) is 0 Å². The Kier molecular flexibility index (Phi) is 3.10. The molecule has 17 heavy (non-hydrogen) atoms. The van der Waals surface area contributed by atoms with Crippen LogP contribution in [0.25, 0.3) is 0 Å². The van der Waals surface area contributed by atoms with Crippen LogP contribution in [-0.4, -0.2) is 4.57 Å². The Morgan fingerprint density at radius 1 is 0.882 bits per heavy atom. The van der Waals surface area contributed by atoms with Gasteiger partial charge in [0, 0.05) is 16.9 Å². The number of hydrogen-bond acceptors (Lipinski definition) is 0. The number of aryl methyl sites for hydroxylation is 2. The van der Waals surface area contributed by atoms with Crippen LogP contribution in [0.1, 0.15) is 30.8 Å². The topological polar surface area (TPSA) is 4.93 Å². The lowest BCUT2D eigenvalue weighted by molar-refractivity contribution is 0.341. The van der Waals surface area contributed by atoms with E-state index in [9.17, 15) is 0 Å². The van der Waals surface area contributed by atoms with Gasteiger partial charge in [-0.25, -0.2) is 0 Å². The Balaban J connectivity index is 2.31. The number of rotatable bonds is 3. The average Bonchev–Trinajstić information content (AvgIpc) is 2.59. The van der Waals surface area contributed by atoms with Crippen molar-refractivity contribution in [2.45, 2.75) is 39.7 Å². The maximum Gasteiger partial charge on any atom is 0.0428 e. The van der Waals surface area contributed by atoms with Gasteiger partial charge in [-0.1, -0.05) is 30.3 Å². The maximum atomic E-state index is 2.43. The first-order valence-corrected chi connectivity index (χ1v) is 6.20. The summed E-state index contributed by atoms with van der Waals surface area (Å²) in [5, 5.41) is 0.